The fourth-order valence-electron chi connectivity index (χ4n) is 3.02. The van der Waals surface area contributed by atoms with Gasteiger partial charge >= 0.3 is 5.97 Å². The van der Waals surface area contributed by atoms with Gasteiger partial charge in [0.05, 0.1) is 18.4 Å². The number of halogens is 1. The summed E-state index contributed by atoms with van der Waals surface area (Å²) in [7, 11) is 0. The summed E-state index contributed by atoms with van der Waals surface area (Å²) in [6.07, 6.45) is 8.66. The first kappa shape index (κ1) is 25.6. The van der Waals surface area contributed by atoms with E-state index < -0.39 is 5.97 Å². The number of hydrazone groups is 1. The predicted molar refractivity (Wildman–Crippen MR) is 130 cm³/mol. The number of rotatable bonds is 13. The fraction of sp³-hybridized carbons (Fsp3) is 0.400. The predicted octanol–water partition coefficient (Wildman–Crippen LogP) is 6.27. The number of unbranched alkanes of at least 4 members (excludes halogenated alkanes) is 5. The second-order valence-corrected chi connectivity index (χ2v) is 8.26. The molecule has 0 saturated heterocycles. The highest BCUT2D eigenvalue weighted by atomic mass is 79.9. The first-order valence-electron chi connectivity index (χ1n) is 11.1. The van der Waals surface area contributed by atoms with E-state index in [-0.39, 0.29) is 5.91 Å². The Hall–Kier alpha value is -2.67. The molecule has 0 aliphatic heterocycles. The van der Waals surface area contributed by atoms with Crippen LogP contribution in [0.3, 0.4) is 0 Å². The third-order valence-electron chi connectivity index (χ3n) is 4.73. The number of hydrogen-bond donors (Lipinski definition) is 1. The van der Waals surface area contributed by atoms with Crippen molar-refractivity contribution in [3.8, 4) is 11.5 Å². The Bertz CT molecular complexity index is 897. The van der Waals surface area contributed by atoms with Gasteiger partial charge in [-0.2, -0.15) is 5.10 Å². The monoisotopic (exact) mass is 502 g/mol. The average molecular weight is 503 g/mol. The third-order valence-corrected chi connectivity index (χ3v) is 5.22. The average Bonchev–Trinajstić information content (AvgIpc) is 2.78. The van der Waals surface area contributed by atoms with Gasteiger partial charge in [-0.15, -0.1) is 0 Å². The van der Waals surface area contributed by atoms with E-state index in [9.17, 15) is 9.59 Å². The Balaban J connectivity index is 1.91. The van der Waals surface area contributed by atoms with Crippen molar-refractivity contribution in [2.75, 3.05) is 6.61 Å². The molecule has 2 aromatic carbocycles. The number of amides is 1. The summed E-state index contributed by atoms with van der Waals surface area (Å²) in [4.78, 5) is 24.5. The fourth-order valence-corrected chi connectivity index (χ4v) is 3.40. The van der Waals surface area contributed by atoms with Gasteiger partial charge in [-0.1, -0.05) is 55.0 Å². The van der Waals surface area contributed by atoms with Crippen LogP contribution in [0.1, 0.15) is 74.7 Å². The quantitative estimate of drug-likeness (QED) is 0.115. The number of hydrogen-bond acceptors (Lipinski definition) is 5. The number of benzene rings is 2. The lowest BCUT2D eigenvalue weighted by Gasteiger charge is -2.09. The van der Waals surface area contributed by atoms with E-state index in [1.165, 1.54) is 25.5 Å². The summed E-state index contributed by atoms with van der Waals surface area (Å²) in [6.45, 7) is 4.64. The van der Waals surface area contributed by atoms with Crippen LogP contribution >= 0.6 is 15.9 Å². The smallest absolute Gasteiger partial charge is 0.343 e. The Morgan fingerprint density at radius 3 is 2.44 bits per heavy atom. The van der Waals surface area contributed by atoms with Crippen LogP contribution in [0.2, 0.25) is 0 Å². The van der Waals surface area contributed by atoms with Crippen molar-refractivity contribution in [2.24, 2.45) is 5.10 Å². The van der Waals surface area contributed by atoms with Gasteiger partial charge in [-0.05, 0) is 55.8 Å². The molecule has 6 nitrogen and oxygen atoms in total. The molecule has 0 radical (unpaired) electrons. The van der Waals surface area contributed by atoms with E-state index >= 15 is 0 Å². The number of ether oxygens (including phenoxy) is 2. The van der Waals surface area contributed by atoms with Crippen LogP contribution in [-0.4, -0.2) is 24.7 Å². The molecular weight excluding hydrogens is 472 g/mol. The van der Waals surface area contributed by atoms with Gasteiger partial charge in [0.25, 0.3) is 0 Å². The molecule has 0 aliphatic rings. The topological polar surface area (TPSA) is 77.0 Å². The Morgan fingerprint density at radius 1 is 1.00 bits per heavy atom. The molecule has 7 heteroatoms. The molecule has 0 fully saturated rings. The van der Waals surface area contributed by atoms with Crippen LogP contribution in [0.4, 0.5) is 0 Å². The van der Waals surface area contributed by atoms with Crippen LogP contribution in [0.5, 0.6) is 11.5 Å². The summed E-state index contributed by atoms with van der Waals surface area (Å²) in [5, 5.41) is 4.03. The highest BCUT2D eigenvalue weighted by molar-refractivity contribution is 9.10. The zero-order valence-corrected chi connectivity index (χ0v) is 20.3. The van der Waals surface area contributed by atoms with Gasteiger partial charge in [-0.25, -0.2) is 10.2 Å². The molecule has 0 saturated carbocycles. The van der Waals surface area contributed by atoms with E-state index in [1.807, 2.05) is 6.92 Å². The maximum atomic E-state index is 12.5. The largest absolute Gasteiger partial charge is 0.494 e. The molecule has 0 aromatic heterocycles. The number of carbonyl (C=O) groups excluding carboxylic acids is 2. The molecule has 0 spiro atoms. The zero-order chi connectivity index (χ0) is 23.2. The van der Waals surface area contributed by atoms with E-state index in [0.717, 1.165) is 23.7 Å². The van der Waals surface area contributed by atoms with Gasteiger partial charge in [-0.3, -0.25) is 4.79 Å². The van der Waals surface area contributed by atoms with Crippen molar-refractivity contribution < 1.29 is 19.1 Å². The third kappa shape index (κ3) is 9.22. The summed E-state index contributed by atoms with van der Waals surface area (Å²) >= 11 is 3.41. The second kappa shape index (κ2) is 14.4. The summed E-state index contributed by atoms with van der Waals surface area (Å²) in [5.41, 5.74) is 3.52. The van der Waals surface area contributed by atoms with Crippen molar-refractivity contribution in [1.82, 2.24) is 5.43 Å². The lowest BCUT2D eigenvalue weighted by Crippen LogP contribution is -2.17. The minimum atomic E-state index is -0.489. The number of esters is 1. The molecule has 32 heavy (non-hydrogen) atoms. The van der Waals surface area contributed by atoms with Crippen molar-refractivity contribution in [3.63, 3.8) is 0 Å². The van der Waals surface area contributed by atoms with Crippen LogP contribution in [0.15, 0.2) is 52.0 Å². The summed E-state index contributed by atoms with van der Waals surface area (Å²) < 4.78 is 11.7. The minimum Gasteiger partial charge on any atom is -0.494 e. The van der Waals surface area contributed by atoms with Crippen LogP contribution in [-0.2, 0) is 4.79 Å². The molecule has 0 heterocycles. The maximum absolute atomic E-state index is 12.5. The van der Waals surface area contributed by atoms with Gasteiger partial charge in [0, 0.05) is 16.5 Å². The first-order chi connectivity index (χ1) is 15.5. The standard InChI is InChI=1S/C25H31BrN2O4/c1-3-5-6-7-8-9-10-24(29)28-27-18-20-17-21(26)13-16-23(20)32-25(30)19-11-14-22(15-12-19)31-4-2/h11-18H,3-10H2,1-2H3,(H,28,29)/b27-18+. The van der Waals surface area contributed by atoms with Gasteiger partial charge in [0.1, 0.15) is 11.5 Å². The summed E-state index contributed by atoms with van der Waals surface area (Å²) in [6, 6.07) is 12.0. The van der Waals surface area contributed by atoms with Crippen LogP contribution < -0.4 is 14.9 Å². The molecule has 0 aliphatic carbocycles. The van der Waals surface area contributed by atoms with Crippen molar-refractivity contribution in [2.45, 2.75) is 58.8 Å². The number of carbonyl (C=O) groups is 2. The second-order valence-electron chi connectivity index (χ2n) is 7.34. The molecule has 1 amide bonds. The highest BCUT2D eigenvalue weighted by Crippen LogP contribution is 2.23. The Kier molecular flexibility index (Phi) is 11.5. The van der Waals surface area contributed by atoms with Crippen molar-refractivity contribution in [3.05, 3.63) is 58.1 Å². The van der Waals surface area contributed by atoms with Crippen molar-refractivity contribution in [1.29, 1.82) is 0 Å². The van der Waals surface area contributed by atoms with Gasteiger partial charge in [0.2, 0.25) is 5.91 Å². The zero-order valence-electron chi connectivity index (χ0n) is 18.7. The lowest BCUT2D eigenvalue weighted by atomic mass is 10.1. The molecule has 0 atom stereocenters. The molecule has 0 unspecified atom stereocenters. The van der Waals surface area contributed by atoms with E-state index in [2.05, 4.69) is 33.4 Å². The Morgan fingerprint density at radius 2 is 1.72 bits per heavy atom. The first-order valence-corrected chi connectivity index (χ1v) is 11.9. The van der Waals surface area contributed by atoms with Crippen molar-refractivity contribution >= 4 is 34.0 Å². The van der Waals surface area contributed by atoms with E-state index in [1.54, 1.807) is 42.5 Å². The summed E-state index contributed by atoms with van der Waals surface area (Å²) in [5.74, 6) is 0.426. The Labute approximate surface area is 198 Å². The maximum Gasteiger partial charge on any atom is 0.343 e. The molecule has 172 valence electrons. The minimum absolute atomic E-state index is 0.125. The number of nitrogens with zero attached hydrogens (tertiary/aromatic N) is 1. The molecule has 1 N–H and O–H groups in total. The molecular formula is C25H31BrN2O4. The number of nitrogens with one attached hydrogen (secondary N) is 1. The SMILES string of the molecule is CCCCCCCCC(=O)N/N=C/c1cc(Br)ccc1OC(=O)c1ccc(OCC)cc1. The lowest BCUT2D eigenvalue weighted by molar-refractivity contribution is -0.121. The molecule has 2 aromatic rings. The van der Waals surface area contributed by atoms with Gasteiger partial charge < -0.3 is 9.47 Å². The van der Waals surface area contributed by atoms with Crippen LogP contribution in [0.25, 0.3) is 0 Å². The molecule has 2 rings (SSSR count). The highest BCUT2D eigenvalue weighted by Gasteiger charge is 2.12. The molecule has 0 bridgehead atoms. The van der Waals surface area contributed by atoms with E-state index in [4.69, 9.17) is 9.47 Å². The van der Waals surface area contributed by atoms with Crippen LogP contribution in [0, 0.1) is 0 Å². The van der Waals surface area contributed by atoms with Gasteiger partial charge in [0.15, 0.2) is 0 Å². The van der Waals surface area contributed by atoms with E-state index in [0.29, 0.717) is 35.7 Å². The normalized spacial score (nSPS) is 10.8.